The van der Waals surface area contributed by atoms with Gasteiger partial charge in [0, 0.05) is 17.3 Å². The number of benzene rings is 2. The largest absolute Gasteiger partial charge is 0.322 e. The van der Waals surface area contributed by atoms with Crippen LogP contribution in [0.4, 0.5) is 11.4 Å². The summed E-state index contributed by atoms with van der Waals surface area (Å²) < 4.78 is 0. The molecule has 2 aliphatic rings. The van der Waals surface area contributed by atoms with Crippen LogP contribution in [0.1, 0.15) is 32.4 Å². The lowest BCUT2D eigenvalue weighted by molar-refractivity contribution is -0.117. The Morgan fingerprint density at radius 3 is 2.57 bits per heavy atom. The van der Waals surface area contributed by atoms with E-state index in [1.165, 1.54) is 11.1 Å². The van der Waals surface area contributed by atoms with Gasteiger partial charge >= 0.3 is 0 Å². The number of rotatable bonds is 3. The van der Waals surface area contributed by atoms with Crippen molar-refractivity contribution in [2.24, 2.45) is 0 Å². The molecule has 3 aromatic rings. The highest BCUT2D eigenvalue weighted by Gasteiger charge is 2.47. The van der Waals surface area contributed by atoms with Crippen LogP contribution in [0.15, 0.2) is 60.9 Å². The average Bonchev–Trinajstić information content (AvgIpc) is 3.32. The van der Waals surface area contributed by atoms with Gasteiger partial charge in [0.25, 0.3) is 11.8 Å². The Morgan fingerprint density at radius 1 is 1.04 bits per heavy atom. The van der Waals surface area contributed by atoms with Crippen LogP contribution >= 0.6 is 0 Å². The molecule has 2 N–H and O–H groups in total. The number of H-pyrrole nitrogens is 1. The van der Waals surface area contributed by atoms with Gasteiger partial charge in [-0.1, -0.05) is 30.3 Å². The molecule has 0 aliphatic carbocycles. The summed E-state index contributed by atoms with van der Waals surface area (Å²) in [7, 11) is 0. The van der Waals surface area contributed by atoms with Crippen LogP contribution in [0.5, 0.6) is 0 Å². The van der Waals surface area contributed by atoms with E-state index in [1.807, 2.05) is 12.1 Å². The second-order valence-corrected chi connectivity index (χ2v) is 6.62. The molecule has 2 aromatic carbocycles. The van der Waals surface area contributed by atoms with Gasteiger partial charge < -0.3 is 10.2 Å². The Bertz CT molecular complexity index is 1110. The maximum absolute atomic E-state index is 13.2. The number of aromatic amines is 1. The Balaban J connectivity index is 1.57. The van der Waals surface area contributed by atoms with Crippen molar-refractivity contribution in [3.05, 3.63) is 77.6 Å². The molecular formula is C20H15N5O3. The number of para-hydroxylation sites is 1. The quantitative estimate of drug-likeness (QED) is 0.735. The first-order chi connectivity index (χ1) is 13.6. The second kappa shape index (κ2) is 6.05. The number of nitrogens with one attached hydrogen (secondary N) is 2. The lowest BCUT2D eigenvalue weighted by Crippen LogP contribution is -2.50. The van der Waals surface area contributed by atoms with E-state index in [9.17, 15) is 14.4 Å². The van der Waals surface area contributed by atoms with Gasteiger partial charge in [0.05, 0.1) is 23.1 Å². The Kier molecular flexibility index (Phi) is 3.51. The number of amides is 3. The molecule has 1 unspecified atom stereocenters. The summed E-state index contributed by atoms with van der Waals surface area (Å²) in [6, 6.07) is 14.1. The molecule has 0 spiro atoms. The lowest BCUT2D eigenvalue weighted by Gasteiger charge is -2.40. The maximum atomic E-state index is 13.2. The average molecular weight is 373 g/mol. The minimum atomic E-state index is -0.652. The molecule has 0 saturated carbocycles. The molecule has 28 heavy (non-hydrogen) atoms. The summed E-state index contributed by atoms with van der Waals surface area (Å²) in [6.45, 7) is -0.193. The van der Waals surface area contributed by atoms with Gasteiger partial charge in [-0.3, -0.25) is 24.4 Å². The predicted molar refractivity (Wildman–Crippen MR) is 101 cm³/mol. The minimum absolute atomic E-state index is 0.180. The summed E-state index contributed by atoms with van der Waals surface area (Å²) in [5, 5.41) is 9.10. The number of hydrogen-bond donors (Lipinski definition) is 2. The van der Waals surface area contributed by atoms with E-state index in [1.54, 1.807) is 47.5 Å². The number of nitrogens with zero attached hydrogens (tertiary/aromatic N) is 3. The molecule has 0 bridgehead atoms. The summed E-state index contributed by atoms with van der Waals surface area (Å²) in [5.74, 6) is -0.838. The van der Waals surface area contributed by atoms with Gasteiger partial charge in [-0.15, -0.1) is 0 Å². The zero-order chi connectivity index (χ0) is 19.3. The third-order valence-electron chi connectivity index (χ3n) is 4.98. The van der Waals surface area contributed by atoms with Crippen molar-refractivity contribution in [1.82, 2.24) is 15.1 Å². The number of carbonyl (C=O) groups is 3. The molecule has 3 heterocycles. The monoisotopic (exact) mass is 373 g/mol. The molecule has 138 valence electrons. The zero-order valence-electron chi connectivity index (χ0n) is 14.6. The summed E-state index contributed by atoms with van der Waals surface area (Å²) >= 11 is 0. The lowest BCUT2D eigenvalue weighted by atomic mass is 10.0. The molecule has 3 amide bonds. The first kappa shape index (κ1) is 16.2. The predicted octanol–water partition coefficient (Wildman–Crippen LogP) is 2.16. The van der Waals surface area contributed by atoms with Crippen LogP contribution < -0.4 is 10.2 Å². The highest BCUT2D eigenvalue weighted by Crippen LogP contribution is 2.44. The smallest absolute Gasteiger partial charge is 0.260 e. The van der Waals surface area contributed by atoms with Gasteiger partial charge in [0.2, 0.25) is 5.91 Å². The van der Waals surface area contributed by atoms with Crippen molar-refractivity contribution in [3.63, 3.8) is 0 Å². The van der Waals surface area contributed by atoms with E-state index in [2.05, 4.69) is 15.5 Å². The highest BCUT2D eigenvalue weighted by atomic mass is 16.2. The number of aromatic nitrogens is 2. The van der Waals surface area contributed by atoms with Crippen molar-refractivity contribution >= 4 is 29.1 Å². The van der Waals surface area contributed by atoms with E-state index >= 15 is 0 Å². The van der Waals surface area contributed by atoms with Gasteiger partial charge in [-0.2, -0.15) is 5.10 Å². The fourth-order valence-corrected chi connectivity index (χ4v) is 3.81. The van der Waals surface area contributed by atoms with Crippen LogP contribution in [0.2, 0.25) is 0 Å². The normalized spacial score (nSPS) is 17.2. The Labute approximate surface area is 159 Å². The molecule has 8 heteroatoms. The molecular weight excluding hydrogens is 358 g/mol. The zero-order valence-corrected chi connectivity index (χ0v) is 14.6. The van der Waals surface area contributed by atoms with Crippen LogP contribution in [-0.4, -0.2) is 39.4 Å². The molecule has 5 rings (SSSR count). The van der Waals surface area contributed by atoms with Crippen LogP contribution in [0, 0.1) is 0 Å². The maximum Gasteiger partial charge on any atom is 0.260 e. The summed E-state index contributed by atoms with van der Waals surface area (Å²) in [4.78, 5) is 41.9. The third kappa shape index (κ3) is 2.31. The molecule has 2 aliphatic heterocycles. The summed E-state index contributed by atoms with van der Waals surface area (Å²) in [5.41, 5.74) is 2.72. The van der Waals surface area contributed by atoms with Gasteiger partial charge in [-0.25, -0.2) is 0 Å². The SMILES string of the molecule is O=C(CN1C(=O)c2ccccc2N2C(=O)c3ccccc3C12)Nc1cn[nH]c1. The topological polar surface area (TPSA) is 98.4 Å². The van der Waals surface area contributed by atoms with Crippen molar-refractivity contribution in [1.29, 1.82) is 0 Å². The van der Waals surface area contributed by atoms with Crippen molar-refractivity contribution in [3.8, 4) is 0 Å². The Morgan fingerprint density at radius 2 is 1.79 bits per heavy atom. The van der Waals surface area contributed by atoms with Crippen LogP contribution in [0.25, 0.3) is 0 Å². The van der Waals surface area contributed by atoms with E-state index in [-0.39, 0.29) is 24.3 Å². The van der Waals surface area contributed by atoms with Crippen molar-refractivity contribution in [2.45, 2.75) is 6.17 Å². The van der Waals surface area contributed by atoms with Crippen LogP contribution in [0.3, 0.4) is 0 Å². The number of anilines is 2. The number of fused-ring (bicyclic) bond motifs is 5. The molecule has 8 nitrogen and oxygen atoms in total. The number of hydrogen-bond acceptors (Lipinski definition) is 4. The van der Waals surface area contributed by atoms with E-state index in [4.69, 9.17) is 0 Å². The van der Waals surface area contributed by atoms with Gasteiger partial charge in [-0.05, 0) is 18.2 Å². The van der Waals surface area contributed by atoms with Crippen LogP contribution in [-0.2, 0) is 4.79 Å². The van der Waals surface area contributed by atoms with Crippen molar-refractivity contribution in [2.75, 3.05) is 16.8 Å². The third-order valence-corrected chi connectivity index (χ3v) is 4.98. The Hall–Kier alpha value is -3.94. The molecule has 0 radical (unpaired) electrons. The summed E-state index contributed by atoms with van der Waals surface area (Å²) in [6.07, 6.45) is 2.37. The standard InChI is InChI=1S/C20H15N5O3/c26-17(23-12-9-21-22-10-12)11-24-18-13-5-1-2-6-14(13)20(28)25(18)16-8-4-3-7-15(16)19(24)27/h1-10,18H,11H2,(H,21,22)(H,23,26). The minimum Gasteiger partial charge on any atom is -0.322 e. The first-order valence-electron chi connectivity index (χ1n) is 8.76. The molecule has 0 fully saturated rings. The van der Waals surface area contributed by atoms with E-state index in [0.717, 1.165) is 0 Å². The highest BCUT2D eigenvalue weighted by molar-refractivity contribution is 6.17. The van der Waals surface area contributed by atoms with E-state index < -0.39 is 6.17 Å². The molecule has 0 saturated heterocycles. The second-order valence-electron chi connectivity index (χ2n) is 6.62. The fraction of sp³-hybridized carbons (Fsp3) is 0.100. The molecule has 1 atom stereocenters. The van der Waals surface area contributed by atoms with Gasteiger partial charge in [0.1, 0.15) is 12.7 Å². The molecule has 1 aromatic heterocycles. The number of carbonyl (C=O) groups excluding carboxylic acids is 3. The fourth-order valence-electron chi connectivity index (χ4n) is 3.81. The van der Waals surface area contributed by atoms with Gasteiger partial charge in [0.15, 0.2) is 0 Å². The van der Waals surface area contributed by atoms with Crippen molar-refractivity contribution < 1.29 is 14.4 Å². The first-order valence-corrected chi connectivity index (χ1v) is 8.76. The van der Waals surface area contributed by atoms with E-state index in [0.29, 0.717) is 28.1 Å².